The van der Waals surface area contributed by atoms with E-state index in [-0.39, 0.29) is 11.0 Å². The van der Waals surface area contributed by atoms with Gasteiger partial charge in [-0.05, 0) is 66.8 Å². The summed E-state index contributed by atoms with van der Waals surface area (Å²) in [6.45, 7) is 0. The summed E-state index contributed by atoms with van der Waals surface area (Å²) in [6, 6.07) is 23.3. The van der Waals surface area contributed by atoms with Crippen LogP contribution < -0.4 is 20.9 Å². The maximum atomic E-state index is 12.3. The standard InChI is InChI=1S/C20H16ClN3O2S/c21-15-9-11-16(12-10-15)22-20(27)24-23-19(25)14-5-4-8-18(13-14)26-17-6-2-1-3-7-17/h1-13H,(H,23,25)(H2,22,24,27). The molecule has 0 unspecified atom stereocenters. The second-order valence-corrected chi connectivity index (χ2v) is 6.33. The largest absolute Gasteiger partial charge is 0.457 e. The molecule has 0 atom stereocenters. The molecule has 0 saturated heterocycles. The lowest BCUT2D eigenvalue weighted by Gasteiger charge is -2.12. The van der Waals surface area contributed by atoms with E-state index in [0.29, 0.717) is 22.1 Å². The number of carbonyl (C=O) groups is 1. The molecule has 0 saturated carbocycles. The highest BCUT2D eigenvalue weighted by Gasteiger charge is 2.08. The topological polar surface area (TPSA) is 62.4 Å². The number of amides is 1. The zero-order chi connectivity index (χ0) is 19.1. The number of hydrogen-bond donors (Lipinski definition) is 3. The lowest BCUT2D eigenvalue weighted by Crippen LogP contribution is -2.43. The third kappa shape index (κ3) is 5.70. The van der Waals surface area contributed by atoms with Crippen molar-refractivity contribution < 1.29 is 9.53 Å². The van der Waals surface area contributed by atoms with Gasteiger partial charge in [-0.15, -0.1) is 0 Å². The van der Waals surface area contributed by atoms with Crippen LogP contribution in [-0.4, -0.2) is 11.0 Å². The number of nitrogens with one attached hydrogen (secondary N) is 3. The highest BCUT2D eigenvalue weighted by atomic mass is 35.5. The molecule has 136 valence electrons. The van der Waals surface area contributed by atoms with Gasteiger partial charge in [0.25, 0.3) is 5.91 Å². The minimum absolute atomic E-state index is 0.252. The first-order valence-corrected chi connectivity index (χ1v) is 8.85. The van der Waals surface area contributed by atoms with Gasteiger partial charge in [0.2, 0.25) is 0 Å². The number of benzene rings is 3. The summed E-state index contributed by atoms with van der Waals surface area (Å²) in [6.07, 6.45) is 0. The van der Waals surface area contributed by atoms with Crippen molar-refractivity contribution in [2.45, 2.75) is 0 Å². The molecule has 3 aromatic carbocycles. The average molecular weight is 398 g/mol. The number of para-hydroxylation sites is 1. The van der Waals surface area contributed by atoms with E-state index < -0.39 is 0 Å². The van der Waals surface area contributed by atoms with Gasteiger partial charge in [-0.25, -0.2) is 0 Å². The van der Waals surface area contributed by atoms with E-state index in [2.05, 4.69) is 16.2 Å². The Morgan fingerprint density at radius 2 is 1.56 bits per heavy atom. The number of hydrogen-bond acceptors (Lipinski definition) is 3. The first kappa shape index (κ1) is 18.7. The molecule has 7 heteroatoms. The van der Waals surface area contributed by atoms with Crippen molar-refractivity contribution >= 4 is 40.5 Å². The molecule has 0 aliphatic carbocycles. The third-order valence-electron chi connectivity index (χ3n) is 3.47. The van der Waals surface area contributed by atoms with E-state index >= 15 is 0 Å². The Labute approximate surface area is 167 Å². The zero-order valence-corrected chi connectivity index (χ0v) is 15.7. The van der Waals surface area contributed by atoms with Crippen molar-refractivity contribution in [2.24, 2.45) is 0 Å². The van der Waals surface area contributed by atoms with Crippen molar-refractivity contribution in [3.05, 3.63) is 89.4 Å². The normalized spacial score (nSPS) is 9.96. The molecule has 3 N–H and O–H groups in total. The van der Waals surface area contributed by atoms with Gasteiger partial charge in [0.15, 0.2) is 5.11 Å². The fourth-order valence-electron chi connectivity index (χ4n) is 2.21. The van der Waals surface area contributed by atoms with Crippen LogP contribution in [0.25, 0.3) is 0 Å². The number of carbonyl (C=O) groups excluding carboxylic acids is 1. The highest BCUT2D eigenvalue weighted by molar-refractivity contribution is 7.80. The first-order chi connectivity index (χ1) is 13.1. The Bertz CT molecular complexity index is 933. The molecule has 0 aliphatic rings. The van der Waals surface area contributed by atoms with Crippen molar-refractivity contribution in [2.75, 3.05) is 5.32 Å². The molecule has 27 heavy (non-hydrogen) atoms. The maximum Gasteiger partial charge on any atom is 0.269 e. The van der Waals surface area contributed by atoms with E-state index in [4.69, 9.17) is 28.6 Å². The van der Waals surface area contributed by atoms with Gasteiger partial charge in [0.1, 0.15) is 11.5 Å². The molecule has 3 rings (SSSR count). The second kappa shape index (κ2) is 9.02. The van der Waals surface area contributed by atoms with E-state index in [1.54, 1.807) is 48.5 Å². The van der Waals surface area contributed by atoms with E-state index in [1.165, 1.54) is 0 Å². The van der Waals surface area contributed by atoms with Crippen LogP contribution in [0.1, 0.15) is 10.4 Å². The number of thiocarbonyl (C=S) groups is 1. The molecule has 5 nitrogen and oxygen atoms in total. The van der Waals surface area contributed by atoms with E-state index in [1.807, 2.05) is 30.3 Å². The fraction of sp³-hybridized carbons (Fsp3) is 0. The van der Waals surface area contributed by atoms with Crippen LogP contribution in [-0.2, 0) is 0 Å². The van der Waals surface area contributed by atoms with Crippen LogP contribution in [0.15, 0.2) is 78.9 Å². The van der Waals surface area contributed by atoms with Gasteiger partial charge < -0.3 is 10.1 Å². The smallest absolute Gasteiger partial charge is 0.269 e. The molecule has 0 fully saturated rings. The van der Waals surface area contributed by atoms with E-state index in [0.717, 1.165) is 5.69 Å². The molecule has 0 bridgehead atoms. The van der Waals surface area contributed by atoms with Crippen molar-refractivity contribution in [1.82, 2.24) is 10.9 Å². The summed E-state index contributed by atoms with van der Waals surface area (Å²) >= 11 is 11.0. The molecule has 0 heterocycles. The number of hydrazine groups is 1. The summed E-state index contributed by atoms with van der Waals surface area (Å²) in [5, 5.41) is 3.82. The summed E-state index contributed by atoms with van der Waals surface area (Å²) in [5.74, 6) is 0.922. The van der Waals surface area contributed by atoms with Gasteiger partial charge in [-0.1, -0.05) is 35.9 Å². The highest BCUT2D eigenvalue weighted by Crippen LogP contribution is 2.21. The lowest BCUT2D eigenvalue weighted by molar-refractivity contribution is 0.0944. The lowest BCUT2D eigenvalue weighted by atomic mass is 10.2. The zero-order valence-electron chi connectivity index (χ0n) is 14.1. The molecular weight excluding hydrogens is 382 g/mol. The summed E-state index contributed by atoms with van der Waals surface area (Å²) < 4.78 is 5.73. The van der Waals surface area contributed by atoms with Crippen LogP contribution in [0.5, 0.6) is 11.5 Å². The SMILES string of the molecule is O=C(NNC(=S)Nc1ccc(Cl)cc1)c1cccc(Oc2ccccc2)c1. The van der Waals surface area contributed by atoms with Gasteiger partial charge >= 0.3 is 0 Å². The summed E-state index contributed by atoms with van der Waals surface area (Å²) in [4.78, 5) is 12.3. The average Bonchev–Trinajstić information content (AvgIpc) is 2.69. The summed E-state index contributed by atoms with van der Waals surface area (Å²) in [5.41, 5.74) is 6.40. The van der Waals surface area contributed by atoms with Crippen molar-refractivity contribution in [1.29, 1.82) is 0 Å². The Kier molecular flexibility index (Phi) is 6.25. The minimum Gasteiger partial charge on any atom is -0.457 e. The molecule has 1 amide bonds. The molecule has 3 aromatic rings. The Morgan fingerprint density at radius 1 is 0.852 bits per heavy atom. The van der Waals surface area contributed by atoms with Gasteiger partial charge in [-0.2, -0.15) is 0 Å². The Balaban J connectivity index is 1.55. The predicted octanol–water partition coefficient (Wildman–Crippen LogP) is 4.76. The van der Waals surface area contributed by atoms with Crippen LogP contribution in [0.3, 0.4) is 0 Å². The number of rotatable bonds is 4. The van der Waals surface area contributed by atoms with Crippen LogP contribution >= 0.6 is 23.8 Å². The monoisotopic (exact) mass is 397 g/mol. The molecular formula is C20H16ClN3O2S. The second-order valence-electron chi connectivity index (χ2n) is 5.48. The predicted molar refractivity (Wildman–Crippen MR) is 111 cm³/mol. The van der Waals surface area contributed by atoms with E-state index in [9.17, 15) is 4.79 Å². The van der Waals surface area contributed by atoms with Crippen LogP contribution in [0, 0.1) is 0 Å². The van der Waals surface area contributed by atoms with Crippen LogP contribution in [0.2, 0.25) is 5.02 Å². The molecule has 0 radical (unpaired) electrons. The third-order valence-corrected chi connectivity index (χ3v) is 3.92. The number of anilines is 1. The van der Waals surface area contributed by atoms with Crippen molar-refractivity contribution in [3.8, 4) is 11.5 Å². The van der Waals surface area contributed by atoms with Gasteiger partial charge in [-0.3, -0.25) is 15.6 Å². The molecule has 0 aromatic heterocycles. The Morgan fingerprint density at radius 3 is 2.30 bits per heavy atom. The van der Waals surface area contributed by atoms with Crippen molar-refractivity contribution in [3.63, 3.8) is 0 Å². The quantitative estimate of drug-likeness (QED) is 0.437. The minimum atomic E-state index is -0.339. The fourth-order valence-corrected chi connectivity index (χ4v) is 2.50. The number of ether oxygens (including phenoxy) is 1. The summed E-state index contributed by atoms with van der Waals surface area (Å²) in [7, 11) is 0. The first-order valence-electron chi connectivity index (χ1n) is 8.06. The molecule has 0 spiro atoms. The molecule has 0 aliphatic heterocycles. The van der Waals surface area contributed by atoms with Gasteiger partial charge in [0, 0.05) is 16.3 Å². The van der Waals surface area contributed by atoms with Gasteiger partial charge in [0.05, 0.1) is 0 Å². The Hall–Kier alpha value is -3.09. The van der Waals surface area contributed by atoms with Crippen LogP contribution in [0.4, 0.5) is 5.69 Å². The number of halogens is 1. The maximum absolute atomic E-state index is 12.3.